The normalized spacial score (nSPS) is 11.3. The van der Waals surface area contributed by atoms with Crippen molar-refractivity contribution in [3.63, 3.8) is 0 Å². The van der Waals surface area contributed by atoms with Gasteiger partial charge in [-0.3, -0.25) is 4.79 Å². The summed E-state index contributed by atoms with van der Waals surface area (Å²) in [5, 5.41) is 1.75. The van der Waals surface area contributed by atoms with E-state index in [1.165, 1.54) is 0 Å². The molecular formula is C18H14N2O. The molecule has 0 atom stereocenters. The molecule has 0 saturated heterocycles. The predicted octanol–water partition coefficient (Wildman–Crippen LogP) is 3.69. The lowest BCUT2D eigenvalue weighted by atomic mass is 10.1. The summed E-state index contributed by atoms with van der Waals surface area (Å²) in [5.74, 6) is 0. The zero-order chi connectivity index (χ0) is 14.4. The van der Waals surface area contributed by atoms with Crippen LogP contribution in [-0.2, 0) is 7.05 Å². The minimum atomic E-state index is 0.0550. The molecule has 0 aliphatic heterocycles. The van der Waals surface area contributed by atoms with E-state index in [2.05, 4.69) is 4.98 Å². The van der Waals surface area contributed by atoms with Gasteiger partial charge in [-0.2, -0.15) is 0 Å². The fraction of sp³-hybridized carbons (Fsp3) is 0.0556. The van der Waals surface area contributed by atoms with Crippen LogP contribution in [0.5, 0.6) is 0 Å². The first-order chi connectivity index (χ1) is 10.3. The van der Waals surface area contributed by atoms with Gasteiger partial charge in [-0.1, -0.05) is 48.5 Å². The Morgan fingerprint density at radius 3 is 2.48 bits per heavy atom. The van der Waals surface area contributed by atoms with Crippen LogP contribution in [0.25, 0.3) is 33.2 Å². The quantitative estimate of drug-likeness (QED) is 0.565. The van der Waals surface area contributed by atoms with Crippen molar-refractivity contribution in [3.05, 3.63) is 70.9 Å². The largest absolute Gasteiger partial charge is 0.340 e. The lowest BCUT2D eigenvalue weighted by Gasteiger charge is -2.04. The number of benzene rings is 2. The van der Waals surface area contributed by atoms with Crippen LogP contribution in [0.15, 0.2) is 65.5 Å². The van der Waals surface area contributed by atoms with Gasteiger partial charge in [0.1, 0.15) is 5.65 Å². The van der Waals surface area contributed by atoms with E-state index in [0.717, 1.165) is 33.2 Å². The number of hydrogen-bond donors (Lipinski definition) is 1. The Labute approximate surface area is 121 Å². The highest BCUT2D eigenvalue weighted by Gasteiger charge is 2.12. The van der Waals surface area contributed by atoms with Crippen molar-refractivity contribution in [1.29, 1.82) is 0 Å². The van der Waals surface area contributed by atoms with Crippen LogP contribution in [-0.4, -0.2) is 9.55 Å². The average molecular weight is 274 g/mol. The molecule has 102 valence electrons. The summed E-state index contributed by atoms with van der Waals surface area (Å²) < 4.78 is 2.04. The first-order valence-corrected chi connectivity index (χ1v) is 6.91. The number of nitrogens with one attached hydrogen (secondary N) is 1. The highest BCUT2D eigenvalue weighted by atomic mass is 16.1. The molecule has 3 heteroatoms. The first-order valence-electron chi connectivity index (χ1n) is 6.91. The molecule has 3 nitrogen and oxygen atoms in total. The Kier molecular flexibility index (Phi) is 2.48. The van der Waals surface area contributed by atoms with Crippen molar-refractivity contribution >= 4 is 21.9 Å². The predicted molar refractivity (Wildman–Crippen MR) is 86.5 cm³/mol. The number of para-hydroxylation sites is 1. The fourth-order valence-corrected chi connectivity index (χ4v) is 2.93. The van der Waals surface area contributed by atoms with E-state index in [4.69, 9.17) is 0 Å². The Morgan fingerprint density at radius 2 is 1.67 bits per heavy atom. The number of fused-ring (bicyclic) bond motifs is 3. The second-order valence-electron chi connectivity index (χ2n) is 5.21. The molecule has 0 bridgehead atoms. The second kappa shape index (κ2) is 4.35. The van der Waals surface area contributed by atoms with E-state index in [0.29, 0.717) is 0 Å². The molecule has 0 fully saturated rings. The SMILES string of the molecule is Cn1c2ccccc2c2c(=O)cc(-c3ccccc3)[nH]c21. The third-order valence-corrected chi connectivity index (χ3v) is 3.97. The molecule has 4 rings (SSSR count). The molecule has 4 aromatic rings. The number of pyridine rings is 1. The zero-order valence-corrected chi connectivity index (χ0v) is 11.6. The number of hydrogen-bond acceptors (Lipinski definition) is 1. The summed E-state index contributed by atoms with van der Waals surface area (Å²) in [6.45, 7) is 0. The van der Waals surface area contributed by atoms with E-state index in [-0.39, 0.29) is 5.43 Å². The standard InChI is InChI=1S/C18H14N2O/c1-20-15-10-6-5-9-13(15)17-16(21)11-14(19-18(17)20)12-7-3-2-4-8-12/h2-11H,1H3,(H,19,21). The summed E-state index contributed by atoms with van der Waals surface area (Å²) >= 11 is 0. The van der Waals surface area contributed by atoms with Gasteiger partial charge in [0, 0.05) is 18.5 Å². The second-order valence-corrected chi connectivity index (χ2v) is 5.21. The van der Waals surface area contributed by atoms with Crippen molar-refractivity contribution in [1.82, 2.24) is 9.55 Å². The van der Waals surface area contributed by atoms with E-state index < -0.39 is 0 Å². The van der Waals surface area contributed by atoms with Crippen LogP contribution in [0.4, 0.5) is 0 Å². The summed E-state index contributed by atoms with van der Waals surface area (Å²) in [7, 11) is 1.98. The Balaban J connectivity index is 2.14. The minimum Gasteiger partial charge on any atom is -0.340 e. The summed E-state index contributed by atoms with van der Waals surface area (Å²) in [6.07, 6.45) is 0. The highest BCUT2D eigenvalue weighted by molar-refractivity contribution is 6.06. The lowest BCUT2D eigenvalue weighted by Crippen LogP contribution is -2.03. The highest BCUT2D eigenvalue weighted by Crippen LogP contribution is 2.26. The number of aromatic nitrogens is 2. The van der Waals surface area contributed by atoms with Gasteiger partial charge in [-0.05, 0) is 11.6 Å². The molecular weight excluding hydrogens is 260 g/mol. The van der Waals surface area contributed by atoms with Crippen LogP contribution in [0.3, 0.4) is 0 Å². The minimum absolute atomic E-state index is 0.0550. The van der Waals surface area contributed by atoms with E-state index in [1.807, 2.05) is 66.2 Å². The summed E-state index contributed by atoms with van der Waals surface area (Å²) in [5.41, 5.74) is 3.84. The molecule has 0 radical (unpaired) electrons. The van der Waals surface area contributed by atoms with E-state index in [1.54, 1.807) is 6.07 Å². The average Bonchev–Trinajstić information content (AvgIpc) is 2.82. The van der Waals surface area contributed by atoms with Gasteiger partial charge in [0.05, 0.1) is 16.6 Å². The number of H-pyrrole nitrogens is 1. The van der Waals surface area contributed by atoms with Crippen molar-refractivity contribution in [2.45, 2.75) is 0 Å². The van der Waals surface area contributed by atoms with E-state index in [9.17, 15) is 4.79 Å². The Morgan fingerprint density at radius 1 is 0.952 bits per heavy atom. The van der Waals surface area contributed by atoms with Gasteiger partial charge < -0.3 is 9.55 Å². The summed E-state index contributed by atoms with van der Waals surface area (Å²) in [6, 6.07) is 19.6. The van der Waals surface area contributed by atoms with Crippen LogP contribution < -0.4 is 5.43 Å². The van der Waals surface area contributed by atoms with Gasteiger partial charge in [-0.25, -0.2) is 0 Å². The topological polar surface area (TPSA) is 37.8 Å². The van der Waals surface area contributed by atoms with Crippen molar-refractivity contribution in [3.8, 4) is 11.3 Å². The van der Waals surface area contributed by atoms with Gasteiger partial charge in [0.15, 0.2) is 5.43 Å². The maximum Gasteiger partial charge on any atom is 0.192 e. The van der Waals surface area contributed by atoms with Crippen LogP contribution in [0.2, 0.25) is 0 Å². The van der Waals surface area contributed by atoms with Crippen LogP contribution in [0, 0.1) is 0 Å². The zero-order valence-electron chi connectivity index (χ0n) is 11.6. The van der Waals surface area contributed by atoms with Crippen molar-refractivity contribution < 1.29 is 0 Å². The van der Waals surface area contributed by atoms with Crippen LogP contribution >= 0.6 is 0 Å². The third kappa shape index (κ3) is 1.71. The Hall–Kier alpha value is -2.81. The smallest absolute Gasteiger partial charge is 0.192 e. The number of aryl methyl sites for hydroxylation is 1. The van der Waals surface area contributed by atoms with Crippen molar-refractivity contribution in [2.75, 3.05) is 0 Å². The lowest BCUT2D eigenvalue weighted by molar-refractivity contribution is 0.990. The molecule has 0 saturated carbocycles. The molecule has 2 heterocycles. The van der Waals surface area contributed by atoms with Gasteiger partial charge in [-0.15, -0.1) is 0 Å². The molecule has 0 unspecified atom stereocenters. The number of nitrogens with zero attached hydrogens (tertiary/aromatic N) is 1. The molecule has 2 aromatic heterocycles. The fourth-order valence-electron chi connectivity index (χ4n) is 2.93. The number of rotatable bonds is 1. The molecule has 0 amide bonds. The molecule has 2 aromatic carbocycles. The van der Waals surface area contributed by atoms with Crippen LogP contribution in [0.1, 0.15) is 0 Å². The summed E-state index contributed by atoms with van der Waals surface area (Å²) in [4.78, 5) is 16.0. The molecule has 0 spiro atoms. The van der Waals surface area contributed by atoms with Crippen molar-refractivity contribution in [2.24, 2.45) is 7.05 Å². The number of aromatic amines is 1. The monoisotopic (exact) mass is 274 g/mol. The molecule has 0 aliphatic carbocycles. The Bertz CT molecular complexity index is 1010. The molecule has 21 heavy (non-hydrogen) atoms. The maximum absolute atomic E-state index is 12.6. The molecule has 0 aliphatic rings. The van der Waals surface area contributed by atoms with Gasteiger partial charge in [0.25, 0.3) is 0 Å². The third-order valence-electron chi connectivity index (χ3n) is 3.97. The first kappa shape index (κ1) is 12.0. The van der Waals surface area contributed by atoms with Gasteiger partial charge >= 0.3 is 0 Å². The van der Waals surface area contributed by atoms with E-state index >= 15 is 0 Å². The maximum atomic E-state index is 12.6. The molecule has 1 N–H and O–H groups in total. The van der Waals surface area contributed by atoms with Gasteiger partial charge in [0.2, 0.25) is 0 Å².